The summed E-state index contributed by atoms with van der Waals surface area (Å²) in [6.07, 6.45) is 3.29. The summed E-state index contributed by atoms with van der Waals surface area (Å²) in [6.45, 7) is 3.41. The number of halogens is 1. The van der Waals surface area contributed by atoms with E-state index in [-0.39, 0.29) is 18.1 Å². The number of para-hydroxylation sites is 1. The van der Waals surface area contributed by atoms with Gasteiger partial charge in [0.1, 0.15) is 5.82 Å². The average molecular weight is 355 g/mol. The number of hydrogen-bond acceptors (Lipinski definition) is 5. The van der Waals surface area contributed by atoms with Gasteiger partial charge in [0, 0.05) is 26.2 Å². The fraction of sp³-hybridized carbons (Fsp3) is 0.421. The quantitative estimate of drug-likeness (QED) is 0.907. The normalized spacial score (nSPS) is 17.2. The first-order valence-corrected chi connectivity index (χ1v) is 9.06. The molecule has 7 heteroatoms. The third kappa shape index (κ3) is 3.67. The number of anilines is 2. The second kappa shape index (κ2) is 7.37. The van der Waals surface area contributed by atoms with Gasteiger partial charge in [0.2, 0.25) is 5.91 Å². The van der Waals surface area contributed by atoms with Gasteiger partial charge in [0.05, 0.1) is 17.9 Å². The molecule has 1 amide bonds. The van der Waals surface area contributed by atoms with Crippen LogP contribution in [0.2, 0.25) is 0 Å². The molecule has 0 radical (unpaired) electrons. The van der Waals surface area contributed by atoms with Crippen LogP contribution in [-0.2, 0) is 17.6 Å². The van der Waals surface area contributed by atoms with Crippen LogP contribution in [-0.4, -0.2) is 53.7 Å². The summed E-state index contributed by atoms with van der Waals surface area (Å²) in [5, 5.41) is 11.4. The van der Waals surface area contributed by atoms with E-state index in [0.717, 1.165) is 50.5 Å². The van der Waals surface area contributed by atoms with E-state index < -0.39 is 5.82 Å². The molecule has 2 aromatic rings. The SMILES string of the molecule is O=C(CN1CCN(c2cc3c(nn2)CCC3)CC1)Nc1ccccc1F. The Labute approximate surface area is 152 Å². The van der Waals surface area contributed by atoms with Crippen molar-refractivity contribution in [3.63, 3.8) is 0 Å². The Morgan fingerprint density at radius 2 is 1.92 bits per heavy atom. The van der Waals surface area contributed by atoms with E-state index in [1.54, 1.807) is 18.2 Å². The third-order valence-electron chi connectivity index (χ3n) is 5.02. The van der Waals surface area contributed by atoms with Gasteiger partial charge < -0.3 is 10.2 Å². The molecule has 4 rings (SSSR count). The number of rotatable bonds is 4. The molecular formula is C19H22FN5O. The van der Waals surface area contributed by atoms with Crippen LogP contribution in [0.15, 0.2) is 30.3 Å². The standard InChI is InChI=1S/C19H22FN5O/c20-15-5-1-2-6-17(15)21-19(26)13-24-8-10-25(11-9-24)18-12-14-4-3-7-16(14)22-23-18/h1-2,5-6,12H,3-4,7-11,13H2,(H,21,26). The molecule has 1 aromatic heterocycles. The lowest BCUT2D eigenvalue weighted by Gasteiger charge is -2.34. The van der Waals surface area contributed by atoms with Gasteiger partial charge in [-0.1, -0.05) is 12.1 Å². The van der Waals surface area contributed by atoms with Crippen LogP contribution in [0.5, 0.6) is 0 Å². The summed E-state index contributed by atoms with van der Waals surface area (Å²) < 4.78 is 13.6. The van der Waals surface area contributed by atoms with E-state index in [2.05, 4.69) is 31.4 Å². The molecule has 1 aliphatic heterocycles. The number of aryl methyl sites for hydroxylation is 2. The van der Waals surface area contributed by atoms with Gasteiger partial charge >= 0.3 is 0 Å². The highest BCUT2D eigenvalue weighted by atomic mass is 19.1. The Morgan fingerprint density at radius 3 is 2.73 bits per heavy atom. The zero-order chi connectivity index (χ0) is 17.9. The Bertz CT molecular complexity index is 804. The number of carbonyl (C=O) groups excluding carboxylic acids is 1. The number of piperazine rings is 1. The van der Waals surface area contributed by atoms with E-state index in [9.17, 15) is 9.18 Å². The van der Waals surface area contributed by atoms with Crippen molar-refractivity contribution in [3.05, 3.63) is 47.4 Å². The number of nitrogens with zero attached hydrogens (tertiary/aromatic N) is 4. The fourth-order valence-electron chi connectivity index (χ4n) is 3.56. The van der Waals surface area contributed by atoms with Gasteiger partial charge in [-0.05, 0) is 43.0 Å². The van der Waals surface area contributed by atoms with E-state index in [4.69, 9.17) is 0 Å². The number of hydrogen-bond donors (Lipinski definition) is 1. The number of fused-ring (bicyclic) bond motifs is 1. The lowest BCUT2D eigenvalue weighted by Crippen LogP contribution is -2.49. The highest BCUT2D eigenvalue weighted by molar-refractivity contribution is 5.92. The maximum Gasteiger partial charge on any atom is 0.238 e. The minimum Gasteiger partial charge on any atom is -0.353 e. The zero-order valence-corrected chi connectivity index (χ0v) is 14.6. The molecule has 0 saturated carbocycles. The Hall–Kier alpha value is -2.54. The molecule has 0 atom stereocenters. The van der Waals surface area contributed by atoms with Crippen LogP contribution in [0.4, 0.5) is 15.9 Å². The van der Waals surface area contributed by atoms with Crippen molar-refractivity contribution < 1.29 is 9.18 Å². The monoisotopic (exact) mass is 355 g/mol. The van der Waals surface area contributed by atoms with E-state index in [1.807, 2.05) is 0 Å². The summed E-state index contributed by atoms with van der Waals surface area (Å²) in [5.74, 6) is 0.322. The van der Waals surface area contributed by atoms with Crippen LogP contribution >= 0.6 is 0 Å². The lowest BCUT2D eigenvalue weighted by atomic mass is 10.2. The Morgan fingerprint density at radius 1 is 1.12 bits per heavy atom. The van der Waals surface area contributed by atoms with Crippen LogP contribution in [0.1, 0.15) is 17.7 Å². The van der Waals surface area contributed by atoms with Gasteiger partial charge in [-0.15, -0.1) is 5.10 Å². The average Bonchev–Trinajstić information content (AvgIpc) is 3.12. The van der Waals surface area contributed by atoms with Crippen LogP contribution in [0, 0.1) is 5.82 Å². The predicted octanol–water partition coefficient (Wildman–Crippen LogP) is 1.87. The molecule has 2 aliphatic rings. The first-order chi connectivity index (χ1) is 12.7. The van der Waals surface area contributed by atoms with Crippen LogP contribution in [0.25, 0.3) is 0 Å². The highest BCUT2D eigenvalue weighted by Gasteiger charge is 2.22. The molecule has 136 valence electrons. The summed E-state index contributed by atoms with van der Waals surface area (Å²) in [4.78, 5) is 16.5. The first kappa shape index (κ1) is 16.9. The summed E-state index contributed by atoms with van der Waals surface area (Å²) in [7, 11) is 0. The molecule has 2 heterocycles. The van der Waals surface area contributed by atoms with Gasteiger partial charge in [-0.2, -0.15) is 5.10 Å². The minimum absolute atomic E-state index is 0.194. The van der Waals surface area contributed by atoms with Crippen LogP contribution in [0.3, 0.4) is 0 Å². The molecular weight excluding hydrogens is 333 g/mol. The number of aromatic nitrogens is 2. The van der Waals surface area contributed by atoms with Crippen molar-refractivity contribution >= 4 is 17.4 Å². The lowest BCUT2D eigenvalue weighted by molar-refractivity contribution is -0.117. The van der Waals surface area contributed by atoms with E-state index in [1.165, 1.54) is 18.1 Å². The molecule has 1 N–H and O–H groups in total. The summed E-state index contributed by atoms with van der Waals surface area (Å²) in [5.41, 5.74) is 2.68. The van der Waals surface area contributed by atoms with Crippen LogP contribution < -0.4 is 10.2 Å². The molecule has 1 aliphatic carbocycles. The zero-order valence-electron chi connectivity index (χ0n) is 14.6. The van der Waals surface area contributed by atoms with Crippen molar-refractivity contribution in [1.29, 1.82) is 0 Å². The van der Waals surface area contributed by atoms with Gasteiger partial charge in [-0.25, -0.2) is 4.39 Å². The van der Waals surface area contributed by atoms with E-state index in [0.29, 0.717) is 0 Å². The molecule has 1 aromatic carbocycles. The summed E-state index contributed by atoms with van der Waals surface area (Å²) in [6, 6.07) is 8.38. The number of amides is 1. The molecule has 26 heavy (non-hydrogen) atoms. The molecule has 1 fully saturated rings. The number of carbonyl (C=O) groups is 1. The third-order valence-corrected chi connectivity index (χ3v) is 5.02. The minimum atomic E-state index is -0.416. The topological polar surface area (TPSA) is 61.4 Å². The Kier molecular flexibility index (Phi) is 4.79. The van der Waals surface area contributed by atoms with Gasteiger partial charge in [0.15, 0.2) is 5.82 Å². The molecule has 1 saturated heterocycles. The van der Waals surface area contributed by atoms with Crippen molar-refractivity contribution in [2.45, 2.75) is 19.3 Å². The maximum absolute atomic E-state index is 13.6. The largest absolute Gasteiger partial charge is 0.353 e. The van der Waals surface area contributed by atoms with Crippen molar-refractivity contribution in [2.24, 2.45) is 0 Å². The highest BCUT2D eigenvalue weighted by Crippen LogP contribution is 2.23. The first-order valence-electron chi connectivity index (χ1n) is 9.06. The second-order valence-corrected chi connectivity index (χ2v) is 6.82. The summed E-state index contributed by atoms with van der Waals surface area (Å²) >= 11 is 0. The molecule has 6 nitrogen and oxygen atoms in total. The smallest absolute Gasteiger partial charge is 0.238 e. The fourth-order valence-corrected chi connectivity index (χ4v) is 3.56. The van der Waals surface area contributed by atoms with Crippen molar-refractivity contribution in [2.75, 3.05) is 42.9 Å². The van der Waals surface area contributed by atoms with E-state index >= 15 is 0 Å². The van der Waals surface area contributed by atoms with Crippen molar-refractivity contribution in [1.82, 2.24) is 15.1 Å². The Balaban J connectivity index is 1.30. The predicted molar refractivity (Wildman–Crippen MR) is 97.7 cm³/mol. The second-order valence-electron chi connectivity index (χ2n) is 6.82. The van der Waals surface area contributed by atoms with Gasteiger partial charge in [0.25, 0.3) is 0 Å². The number of nitrogens with one attached hydrogen (secondary N) is 1. The molecule has 0 spiro atoms. The van der Waals surface area contributed by atoms with Crippen molar-refractivity contribution in [3.8, 4) is 0 Å². The molecule has 0 unspecified atom stereocenters. The van der Waals surface area contributed by atoms with Gasteiger partial charge in [-0.3, -0.25) is 9.69 Å². The maximum atomic E-state index is 13.6. The molecule has 0 bridgehead atoms. The number of benzene rings is 1.